The van der Waals surface area contributed by atoms with Crippen LogP contribution in [0.3, 0.4) is 0 Å². The lowest BCUT2D eigenvalue weighted by Gasteiger charge is -2.04. The van der Waals surface area contributed by atoms with Crippen molar-refractivity contribution in [1.29, 1.82) is 0 Å². The number of hydrogen-bond acceptors (Lipinski definition) is 1. The first-order valence-electron chi connectivity index (χ1n) is 17.7. The van der Waals surface area contributed by atoms with Gasteiger partial charge in [-0.1, -0.05) is 194 Å². The highest BCUT2D eigenvalue weighted by Gasteiger charge is 1.98. The number of aliphatic hydroxyl groups is 1. The third-order valence-corrected chi connectivity index (χ3v) is 8.22. The quantitative estimate of drug-likeness (QED) is 0.0690. The summed E-state index contributed by atoms with van der Waals surface area (Å²) in [6.07, 6.45) is 46.3. The number of allylic oxidation sites excluding steroid dienone is 2. The van der Waals surface area contributed by atoms with Crippen LogP contribution in [0.4, 0.5) is 0 Å². The highest BCUT2D eigenvalue weighted by Crippen LogP contribution is 2.16. The molecule has 1 nitrogen and oxygen atoms in total. The van der Waals surface area contributed by atoms with Gasteiger partial charge in [0.05, 0.1) is 5.76 Å². The van der Waals surface area contributed by atoms with Crippen LogP contribution >= 0.6 is 0 Å². The van der Waals surface area contributed by atoms with E-state index < -0.39 is 0 Å². The van der Waals surface area contributed by atoms with Crippen LogP contribution < -0.4 is 0 Å². The summed E-state index contributed by atoms with van der Waals surface area (Å²) < 4.78 is 0. The van der Waals surface area contributed by atoms with Crippen molar-refractivity contribution in [2.45, 2.75) is 219 Å². The minimum Gasteiger partial charge on any atom is -0.513 e. The van der Waals surface area contributed by atoms with Crippen molar-refractivity contribution < 1.29 is 5.11 Å². The van der Waals surface area contributed by atoms with Crippen LogP contribution in [0.5, 0.6) is 0 Å². The molecule has 0 saturated carbocycles. The summed E-state index contributed by atoms with van der Waals surface area (Å²) in [6, 6.07) is 0. The Hall–Kier alpha value is -0.460. The highest BCUT2D eigenvalue weighted by molar-refractivity contribution is 4.90. The first-order valence-corrected chi connectivity index (χ1v) is 17.7. The van der Waals surface area contributed by atoms with Gasteiger partial charge in [0.25, 0.3) is 0 Å². The topological polar surface area (TPSA) is 20.2 Å². The Morgan fingerprint density at radius 1 is 0.351 bits per heavy atom. The van der Waals surface area contributed by atoms with E-state index in [1.807, 2.05) is 0 Å². The lowest BCUT2D eigenvalue weighted by molar-refractivity contribution is 0.376. The molecule has 0 fully saturated rings. The van der Waals surface area contributed by atoms with E-state index in [0.717, 1.165) is 12.8 Å². The maximum atomic E-state index is 10.1. The Kier molecular flexibility index (Phi) is 33.2. The van der Waals surface area contributed by atoms with Crippen molar-refractivity contribution in [3.05, 3.63) is 11.8 Å². The van der Waals surface area contributed by atoms with E-state index in [0.29, 0.717) is 5.76 Å². The van der Waals surface area contributed by atoms with Gasteiger partial charge in [-0.15, -0.1) is 0 Å². The fraction of sp³-hybridized carbons (Fsp3) is 0.944. The van der Waals surface area contributed by atoms with Gasteiger partial charge in [-0.05, 0) is 25.3 Å². The maximum absolute atomic E-state index is 10.1. The van der Waals surface area contributed by atoms with Gasteiger partial charge in [-0.2, -0.15) is 0 Å². The van der Waals surface area contributed by atoms with Crippen LogP contribution in [0.2, 0.25) is 0 Å². The fourth-order valence-corrected chi connectivity index (χ4v) is 5.56. The van der Waals surface area contributed by atoms with Gasteiger partial charge in [-0.3, -0.25) is 0 Å². The van der Waals surface area contributed by atoms with Gasteiger partial charge in [0.1, 0.15) is 0 Å². The zero-order valence-corrected chi connectivity index (χ0v) is 26.2. The summed E-state index contributed by atoms with van der Waals surface area (Å²) in [6.45, 7) is 4.59. The van der Waals surface area contributed by atoms with Crippen LogP contribution in [0.25, 0.3) is 0 Å². The molecular weight excluding hydrogens is 448 g/mol. The number of aliphatic hydroxyl groups excluding tert-OH is 1. The second kappa shape index (κ2) is 33.6. The van der Waals surface area contributed by atoms with Crippen LogP contribution in [-0.2, 0) is 0 Å². The van der Waals surface area contributed by atoms with Crippen molar-refractivity contribution in [2.24, 2.45) is 0 Å². The van der Waals surface area contributed by atoms with E-state index in [1.54, 1.807) is 0 Å². The number of unbranched alkanes of at least 4 members (excludes halogenated alkanes) is 29. The summed E-state index contributed by atoms with van der Waals surface area (Å²) >= 11 is 0. The zero-order valence-electron chi connectivity index (χ0n) is 26.2. The monoisotopic (exact) mass is 521 g/mol. The molecule has 0 saturated heterocycles. The molecule has 1 heteroatoms. The molecule has 0 aliphatic rings. The number of rotatable bonds is 32. The Balaban J connectivity index is 3.20. The Bertz CT molecular complexity index is 426. The molecule has 37 heavy (non-hydrogen) atoms. The van der Waals surface area contributed by atoms with Gasteiger partial charge in [0.2, 0.25) is 0 Å². The van der Waals surface area contributed by atoms with Gasteiger partial charge < -0.3 is 5.11 Å². The summed E-state index contributed by atoms with van der Waals surface area (Å²) in [7, 11) is 0. The summed E-state index contributed by atoms with van der Waals surface area (Å²) in [5.74, 6) is 0.653. The molecule has 0 bridgehead atoms. The van der Waals surface area contributed by atoms with Crippen LogP contribution in [-0.4, -0.2) is 5.11 Å². The molecule has 0 heterocycles. The van der Waals surface area contributed by atoms with Crippen molar-refractivity contribution >= 4 is 0 Å². The van der Waals surface area contributed by atoms with Crippen LogP contribution in [0, 0.1) is 0 Å². The molecule has 0 unspecified atom stereocenters. The van der Waals surface area contributed by atoms with Gasteiger partial charge in [-0.25, -0.2) is 0 Å². The molecular formula is C36H72O. The molecule has 0 atom stereocenters. The standard InChI is InChI=1S/C36H72O/c1-3-5-7-9-11-13-15-17-19-21-23-25-27-29-31-33-35-36(37)34-32-30-28-26-24-22-20-18-16-14-12-10-8-6-4-2/h34,37H,3-33,35H2,1-2H3. The molecule has 0 spiro atoms. The third kappa shape index (κ3) is 33.5. The van der Waals surface area contributed by atoms with Crippen molar-refractivity contribution in [3.63, 3.8) is 0 Å². The first-order chi connectivity index (χ1) is 18.3. The van der Waals surface area contributed by atoms with E-state index in [9.17, 15) is 5.11 Å². The van der Waals surface area contributed by atoms with E-state index in [-0.39, 0.29) is 0 Å². The lowest BCUT2D eigenvalue weighted by atomic mass is 10.0. The van der Waals surface area contributed by atoms with E-state index in [4.69, 9.17) is 0 Å². The van der Waals surface area contributed by atoms with E-state index in [2.05, 4.69) is 19.9 Å². The van der Waals surface area contributed by atoms with Crippen molar-refractivity contribution in [1.82, 2.24) is 0 Å². The highest BCUT2D eigenvalue weighted by atomic mass is 16.3. The Morgan fingerprint density at radius 2 is 0.595 bits per heavy atom. The number of hydrogen-bond donors (Lipinski definition) is 1. The molecule has 222 valence electrons. The maximum Gasteiger partial charge on any atom is 0.0882 e. The summed E-state index contributed by atoms with van der Waals surface area (Å²) in [5, 5.41) is 10.1. The average molecular weight is 521 g/mol. The largest absolute Gasteiger partial charge is 0.513 e. The minimum absolute atomic E-state index is 0.653. The average Bonchev–Trinajstić information content (AvgIpc) is 2.90. The molecule has 0 aromatic rings. The van der Waals surface area contributed by atoms with Crippen LogP contribution in [0.1, 0.15) is 219 Å². The second-order valence-electron chi connectivity index (χ2n) is 12.1. The lowest BCUT2D eigenvalue weighted by Crippen LogP contribution is -1.86. The van der Waals surface area contributed by atoms with E-state index in [1.165, 1.54) is 193 Å². The van der Waals surface area contributed by atoms with Gasteiger partial charge in [0, 0.05) is 6.42 Å². The molecule has 0 aliphatic carbocycles. The van der Waals surface area contributed by atoms with E-state index >= 15 is 0 Å². The van der Waals surface area contributed by atoms with Crippen molar-refractivity contribution in [3.8, 4) is 0 Å². The Labute approximate surface area is 236 Å². The van der Waals surface area contributed by atoms with Crippen molar-refractivity contribution in [2.75, 3.05) is 0 Å². The molecule has 0 amide bonds. The van der Waals surface area contributed by atoms with Gasteiger partial charge in [0.15, 0.2) is 0 Å². The summed E-state index contributed by atoms with van der Waals surface area (Å²) in [5.41, 5.74) is 0. The normalized spacial score (nSPS) is 12.0. The summed E-state index contributed by atoms with van der Waals surface area (Å²) in [4.78, 5) is 0. The fourth-order valence-electron chi connectivity index (χ4n) is 5.56. The zero-order chi connectivity index (χ0) is 26.9. The molecule has 0 aromatic carbocycles. The first kappa shape index (κ1) is 36.5. The predicted molar refractivity (Wildman–Crippen MR) is 170 cm³/mol. The van der Waals surface area contributed by atoms with Gasteiger partial charge >= 0.3 is 0 Å². The third-order valence-electron chi connectivity index (χ3n) is 8.22. The molecule has 0 aromatic heterocycles. The minimum atomic E-state index is 0.653. The Morgan fingerprint density at radius 3 is 0.892 bits per heavy atom. The smallest absolute Gasteiger partial charge is 0.0882 e. The second-order valence-corrected chi connectivity index (χ2v) is 12.1. The molecule has 0 aliphatic heterocycles. The van der Waals surface area contributed by atoms with Crippen LogP contribution in [0.15, 0.2) is 11.8 Å². The SMILES string of the molecule is CCCCCCCCCCCCCCCCC=C(O)CCCCCCCCCCCCCCCCCC. The molecule has 1 N–H and O–H groups in total. The predicted octanol–water partition coefficient (Wildman–Crippen LogP) is 14.0. The molecule has 0 rings (SSSR count). The molecule has 0 radical (unpaired) electrons.